The quantitative estimate of drug-likeness (QED) is 0.505. The summed E-state index contributed by atoms with van der Waals surface area (Å²) in [5, 5.41) is 0.745. The normalized spacial score (nSPS) is 10.3. The first-order chi connectivity index (χ1) is 7.31. The maximum Gasteiger partial charge on any atom is 0.176 e. The third kappa shape index (κ3) is 2.43. The summed E-state index contributed by atoms with van der Waals surface area (Å²) in [6.45, 7) is 0. The minimum absolute atomic E-state index is 0.539. The molecule has 2 aromatic rings. The zero-order valence-corrected chi connectivity index (χ0v) is 10.4. The lowest BCUT2D eigenvalue weighted by Crippen LogP contribution is -2.09. The summed E-state index contributed by atoms with van der Waals surface area (Å²) in [4.78, 5) is 12.1. The van der Waals surface area contributed by atoms with Gasteiger partial charge in [0.25, 0.3) is 0 Å². The minimum Gasteiger partial charge on any atom is -0.307 e. The second-order valence-corrected chi connectivity index (χ2v) is 5.10. The van der Waals surface area contributed by atoms with Crippen LogP contribution < -0.4 is 11.3 Å². The Kier molecular flexibility index (Phi) is 3.46. The zero-order valence-electron chi connectivity index (χ0n) is 7.22. The van der Waals surface area contributed by atoms with Gasteiger partial charge in [0.1, 0.15) is 17.7 Å². The van der Waals surface area contributed by atoms with Crippen molar-refractivity contribution in [3.8, 4) is 0 Å². The van der Waals surface area contributed by atoms with E-state index >= 15 is 0 Å². The molecular weight excluding hydrogens is 300 g/mol. The van der Waals surface area contributed by atoms with Crippen LogP contribution in [0.15, 0.2) is 26.5 Å². The lowest BCUT2D eigenvalue weighted by atomic mass is 10.6. The van der Waals surface area contributed by atoms with Crippen molar-refractivity contribution in [2.75, 3.05) is 5.43 Å². The number of nitrogens with one attached hydrogen (secondary N) is 1. The van der Waals surface area contributed by atoms with Crippen LogP contribution in [0.4, 0.5) is 5.82 Å². The van der Waals surface area contributed by atoms with E-state index in [1.165, 1.54) is 35.9 Å². The Morgan fingerprint density at radius 3 is 2.87 bits per heavy atom. The van der Waals surface area contributed by atoms with Crippen molar-refractivity contribution in [3.05, 3.63) is 17.1 Å². The van der Waals surface area contributed by atoms with Crippen molar-refractivity contribution in [2.24, 2.45) is 5.84 Å². The number of nitrogen functional groups attached to an aromatic ring is 1. The largest absolute Gasteiger partial charge is 0.307 e. The Labute approximate surface area is 102 Å². The Morgan fingerprint density at radius 2 is 2.20 bits per heavy atom. The van der Waals surface area contributed by atoms with E-state index in [1.807, 2.05) is 0 Å². The van der Waals surface area contributed by atoms with Crippen LogP contribution in [0.1, 0.15) is 0 Å². The van der Waals surface area contributed by atoms with Crippen molar-refractivity contribution in [2.45, 2.75) is 9.37 Å². The van der Waals surface area contributed by atoms with Crippen molar-refractivity contribution in [3.63, 3.8) is 0 Å². The molecule has 0 fully saturated rings. The molecule has 2 aromatic heterocycles. The Balaban J connectivity index is 2.29. The molecule has 0 aliphatic carbocycles. The molecular formula is C6H5BrN6S2. The number of hydrazine groups is 1. The molecule has 78 valence electrons. The fourth-order valence-corrected chi connectivity index (χ4v) is 2.72. The number of hydrogen-bond acceptors (Lipinski definition) is 8. The molecule has 0 radical (unpaired) electrons. The van der Waals surface area contributed by atoms with E-state index in [9.17, 15) is 0 Å². The van der Waals surface area contributed by atoms with Gasteiger partial charge in [0.15, 0.2) is 10.2 Å². The molecule has 0 saturated carbocycles. The van der Waals surface area contributed by atoms with Crippen LogP contribution in [-0.2, 0) is 0 Å². The van der Waals surface area contributed by atoms with Crippen molar-refractivity contribution < 1.29 is 0 Å². The summed E-state index contributed by atoms with van der Waals surface area (Å²) in [5.41, 5.74) is 2.47. The third-order valence-corrected chi connectivity index (χ3v) is 4.15. The first-order valence-corrected chi connectivity index (χ1v) is 6.11. The highest BCUT2D eigenvalue weighted by Gasteiger charge is 2.10. The van der Waals surface area contributed by atoms with Gasteiger partial charge in [-0.1, -0.05) is 0 Å². The molecule has 3 N–H and O–H groups in total. The van der Waals surface area contributed by atoms with Gasteiger partial charge in [0, 0.05) is 0 Å². The number of rotatable bonds is 3. The monoisotopic (exact) mass is 304 g/mol. The molecule has 0 spiro atoms. The lowest BCUT2D eigenvalue weighted by molar-refractivity contribution is 1.01. The molecule has 0 aromatic carbocycles. The molecule has 0 unspecified atom stereocenters. The van der Waals surface area contributed by atoms with Crippen LogP contribution in [-0.4, -0.2) is 19.3 Å². The summed E-state index contributed by atoms with van der Waals surface area (Å²) in [6, 6.07) is 0. The molecule has 6 nitrogen and oxygen atoms in total. The molecule has 0 atom stereocenters. The Hall–Kier alpha value is -0.770. The van der Waals surface area contributed by atoms with E-state index in [1.54, 1.807) is 0 Å². The van der Waals surface area contributed by atoms with Crippen LogP contribution in [0, 0.1) is 0 Å². The van der Waals surface area contributed by atoms with Crippen LogP contribution in [0.2, 0.25) is 0 Å². The van der Waals surface area contributed by atoms with Gasteiger partial charge in [-0.05, 0) is 39.2 Å². The second-order valence-electron chi connectivity index (χ2n) is 2.29. The number of hydrogen-bond donors (Lipinski definition) is 2. The third-order valence-electron chi connectivity index (χ3n) is 1.42. The van der Waals surface area contributed by atoms with E-state index < -0.39 is 0 Å². The van der Waals surface area contributed by atoms with Crippen LogP contribution in [0.25, 0.3) is 0 Å². The average molecular weight is 305 g/mol. The lowest BCUT2D eigenvalue weighted by Gasteiger charge is -2.04. The van der Waals surface area contributed by atoms with E-state index in [0.717, 1.165) is 9.37 Å². The first-order valence-electron chi connectivity index (χ1n) is 3.73. The highest BCUT2D eigenvalue weighted by Crippen LogP contribution is 2.34. The van der Waals surface area contributed by atoms with Gasteiger partial charge in [-0.25, -0.2) is 20.8 Å². The Morgan fingerprint density at radius 1 is 1.33 bits per heavy atom. The summed E-state index contributed by atoms with van der Waals surface area (Å²) in [5.74, 6) is 5.83. The highest BCUT2D eigenvalue weighted by molar-refractivity contribution is 9.10. The molecule has 2 heterocycles. The van der Waals surface area contributed by atoms with Crippen LogP contribution in [0.5, 0.6) is 0 Å². The van der Waals surface area contributed by atoms with Crippen molar-refractivity contribution in [1.82, 2.24) is 19.3 Å². The SMILES string of the molecule is NNc1ncnc(Sc2ncns2)c1Br. The highest BCUT2D eigenvalue weighted by atomic mass is 79.9. The standard InChI is InChI=1S/C6H5BrN6S2/c7-3-4(13-8)9-1-10-5(3)14-6-11-2-12-15-6/h1-2H,8H2,(H,9,10,13). The van der Waals surface area contributed by atoms with Gasteiger partial charge in [-0.3, -0.25) is 0 Å². The Bertz CT molecular complexity index is 447. The summed E-state index contributed by atoms with van der Waals surface area (Å²) in [6.07, 6.45) is 2.94. The maximum atomic E-state index is 5.29. The number of nitrogens with zero attached hydrogens (tertiary/aromatic N) is 4. The second kappa shape index (κ2) is 4.84. The fourth-order valence-electron chi connectivity index (χ4n) is 0.816. The summed E-state index contributed by atoms with van der Waals surface area (Å²) in [7, 11) is 0. The van der Waals surface area contributed by atoms with Crippen molar-refractivity contribution >= 4 is 45.0 Å². The number of aromatic nitrogens is 4. The molecule has 15 heavy (non-hydrogen) atoms. The summed E-state index contributed by atoms with van der Waals surface area (Å²) < 4.78 is 5.43. The predicted molar refractivity (Wildman–Crippen MR) is 61.6 cm³/mol. The van der Waals surface area contributed by atoms with Gasteiger partial charge < -0.3 is 5.43 Å². The zero-order chi connectivity index (χ0) is 10.7. The summed E-state index contributed by atoms with van der Waals surface area (Å²) >= 11 is 6.07. The molecule has 0 bridgehead atoms. The molecule has 9 heteroatoms. The molecule has 0 saturated heterocycles. The number of halogens is 1. The van der Waals surface area contributed by atoms with Crippen LogP contribution in [0.3, 0.4) is 0 Å². The van der Waals surface area contributed by atoms with Gasteiger partial charge in [-0.2, -0.15) is 4.37 Å². The predicted octanol–water partition coefficient (Wildman–Crippen LogP) is 1.53. The fraction of sp³-hybridized carbons (Fsp3) is 0. The van der Waals surface area contributed by atoms with E-state index in [2.05, 4.69) is 40.7 Å². The molecule has 2 rings (SSSR count). The van der Waals surface area contributed by atoms with E-state index in [0.29, 0.717) is 10.3 Å². The molecule has 0 amide bonds. The number of anilines is 1. The van der Waals surface area contributed by atoms with Gasteiger partial charge in [0.05, 0.1) is 4.47 Å². The number of nitrogens with two attached hydrogens (primary N) is 1. The first kappa shape index (κ1) is 10.7. The average Bonchev–Trinajstić information content (AvgIpc) is 2.74. The smallest absolute Gasteiger partial charge is 0.176 e. The van der Waals surface area contributed by atoms with E-state index in [4.69, 9.17) is 5.84 Å². The molecule has 0 aliphatic rings. The molecule has 0 aliphatic heterocycles. The van der Waals surface area contributed by atoms with Gasteiger partial charge in [0.2, 0.25) is 0 Å². The maximum absolute atomic E-state index is 5.29. The van der Waals surface area contributed by atoms with Crippen LogP contribution >= 0.6 is 39.2 Å². The minimum atomic E-state index is 0.539. The van der Waals surface area contributed by atoms with E-state index in [-0.39, 0.29) is 0 Å². The topological polar surface area (TPSA) is 89.6 Å². The van der Waals surface area contributed by atoms with Gasteiger partial charge in [-0.15, -0.1) is 0 Å². The van der Waals surface area contributed by atoms with Gasteiger partial charge >= 0.3 is 0 Å². The van der Waals surface area contributed by atoms with Crippen molar-refractivity contribution in [1.29, 1.82) is 0 Å².